The first-order chi connectivity index (χ1) is 11.5. The Morgan fingerprint density at radius 3 is 2.54 bits per heavy atom. The third-order valence-corrected chi connectivity index (χ3v) is 4.65. The zero-order valence-corrected chi connectivity index (χ0v) is 15.0. The molecular weight excluding hydrogens is 298 g/mol. The van der Waals surface area contributed by atoms with Gasteiger partial charge in [-0.05, 0) is 39.1 Å². The van der Waals surface area contributed by atoms with Gasteiger partial charge in [-0.2, -0.15) is 0 Å². The van der Waals surface area contributed by atoms with E-state index in [9.17, 15) is 0 Å². The van der Waals surface area contributed by atoms with E-state index in [0.29, 0.717) is 0 Å². The van der Waals surface area contributed by atoms with Crippen molar-refractivity contribution in [2.75, 3.05) is 26.4 Å². The van der Waals surface area contributed by atoms with Gasteiger partial charge in [-0.15, -0.1) is 0 Å². The Bertz CT molecular complexity index is 849. The molecule has 126 valence electrons. The van der Waals surface area contributed by atoms with E-state index in [4.69, 9.17) is 10.7 Å². The molecule has 0 radical (unpaired) electrons. The van der Waals surface area contributed by atoms with E-state index in [-0.39, 0.29) is 0 Å². The van der Waals surface area contributed by atoms with Crippen LogP contribution in [0.2, 0.25) is 0 Å². The van der Waals surface area contributed by atoms with Crippen molar-refractivity contribution in [1.29, 1.82) is 0 Å². The summed E-state index contributed by atoms with van der Waals surface area (Å²) in [6.07, 6.45) is 1.86. The van der Waals surface area contributed by atoms with Gasteiger partial charge in [-0.25, -0.2) is 4.57 Å². The molecule has 0 saturated heterocycles. The summed E-state index contributed by atoms with van der Waals surface area (Å²) in [7, 11) is 4.17. The number of nitrogens with two attached hydrogens (primary N) is 1. The Morgan fingerprint density at radius 2 is 1.88 bits per heavy atom. The van der Waals surface area contributed by atoms with Gasteiger partial charge in [-0.1, -0.05) is 35.3 Å². The Balaban J connectivity index is 2.04. The lowest BCUT2D eigenvalue weighted by molar-refractivity contribution is -0.675. The van der Waals surface area contributed by atoms with Crippen LogP contribution in [-0.2, 0) is 13.1 Å². The van der Waals surface area contributed by atoms with Crippen LogP contribution in [0.1, 0.15) is 16.8 Å². The highest BCUT2D eigenvalue weighted by Crippen LogP contribution is 2.26. The number of anilines is 1. The molecule has 3 aromatic rings. The SMILES string of the molecule is Cc1c(C)n(CCN(C)C)c2nc[n+](Cc3ccccc3)c(N)c12. The van der Waals surface area contributed by atoms with Crippen LogP contribution in [0.4, 0.5) is 5.82 Å². The number of hydrogen-bond donors (Lipinski definition) is 1. The van der Waals surface area contributed by atoms with Crippen LogP contribution in [0, 0.1) is 13.8 Å². The van der Waals surface area contributed by atoms with Crippen LogP contribution in [0.5, 0.6) is 0 Å². The topological polar surface area (TPSA) is 51.0 Å². The van der Waals surface area contributed by atoms with E-state index < -0.39 is 0 Å². The molecule has 0 aliphatic heterocycles. The van der Waals surface area contributed by atoms with E-state index in [2.05, 4.69) is 49.5 Å². The van der Waals surface area contributed by atoms with Crippen molar-refractivity contribution >= 4 is 16.9 Å². The van der Waals surface area contributed by atoms with Gasteiger partial charge in [-0.3, -0.25) is 0 Å². The minimum absolute atomic E-state index is 0.733. The largest absolute Gasteiger partial charge is 0.318 e. The Labute approximate surface area is 143 Å². The molecular formula is C19H26N5+. The average molecular weight is 324 g/mol. The summed E-state index contributed by atoms with van der Waals surface area (Å²) >= 11 is 0. The lowest BCUT2D eigenvalue weighted by Gasteiger charge is -2.11. The number of rotatable bonds is 5. The highest BCUT2D eigenvalue weighted by molar-refractivity contribution is 5.89. The van der Waals surface area contributed by atoms with E-state index in [0.717, 1.165) is 36.5 Å². The van der Waals surface area contributed by atoms with Gasteiger partial charge in [0.2, 0.25) is 17.8 Å². The molecule has 0 bridgehead atoms. The molecule has 1 aromatic carbocycles. The molecule has 0 amide bonds. The standard InChI is InChI=1S/C19H25N5/c1-14-15(2)24(11-10-22(3)4)19-17(14)18(20)23(13-21-19)12-16-8-6-5-7-9-16/h5-9,13,20H,10-12H2,1-4H3/p+1. The molecule has 0 aliphatic carbocycles. The van der Waals surface area contributed by atoms with Crippen LogP contribution in [0.3, 0.4) is 0 Å². The summed E-state index contributed by atoms with van der Waals surface area (Å²) in [5, 5.41) is 1.07. The minimum Gasteiger partial charge on any atom is -0.318 e. The van der Waals surface area contributed by atoms with Gasteiger partial charge < -0.3 is 15.2 Å². The molecule has 0 fully saturated rings. The third-order valence-electron chi connectivity index (χ3n) is 4.65. The number of benzene rings is 1. The second kappa shape index (κ2) is 6.61. The number of nitrogen functional groups attached to an aromatic ring is 1. The van der Waals surface area contributed by atoms with E-state index >= 15 is 0 Å². The zero-order chi connectivity index (χ0) is 17.3. The average Bonchev–Trinajstić information content (AvgIpc) is 2.81. The van der Waals surface area contributed by atoms with Crippen LogP contribution in [0.25, 0.3) is 11.0 Å². The summed E-state index contributed by atoms with van der Waals surface area (Å²) < 4.78 is 4.30. The fraction of sp³-hybridized carbons (Fsp3) is 0.368. The first-order valence-corrected chi connectivity index (χ1v) is 8.31. The predicted molar refractivity (Wildman–Crippen MR) is 97.9 cm³/mol. The predicted octanol–water partition coefficient (Wildman–Crippen LogP) is 2.13. The second-order valence-electron chi connectivity index (χ2n) is 6.61. The highest BCUT2D eigenvalue weighted by atomic mass is 15.2. The van der Waals surface area contributed by atoms with Crippen LogP contribution in [0.15, 0.2) is 36.7 Å². The summed E-state index contributed by atoms with van der Waals surface area (Å²) in [4.78, 5) is 6.91. The van der Waals surface area contributed by atoms with Crippen molar-refractivity contribution in [2.45, 2.75) is 26.9 Å². The van der Waals surface area contributed by atoms with E-state index in [1.165, 1.54) is 16.8 Å². The lowest BCUT2D eigenvalue weighted by atomic mass is 10.2. The number of likely N-dealkylation sites (N-methyl/N-ethyl adjacent to an activating group) is 1. The monoisotopic (exact) mass is 324 g/mol. The second-order valence-corrected chi connectivity index (χ2v) is 6.61. The van der Waals surface area contributed by atoms with Crippen molar-refractivity contribution in [2.24, 2.45) is 0 Å². The first kappa shape index (κ1) is 16.5. The molecule has 0 aliphatic rings. The van der Waals surface area contributed by atoms with Crippen LogP contribution in [-0.4, -0.2) is 35.1 Å². The number of aryl methyl sites for hydroxylation is 1. The summed E-state index contributed by atoms with van der Waals surface area (Å²) in [5.74, 6) is 0.785. The van der Waals surface area contributed by atoms with Gasteiger partial charge in [0.05, 0.1) is 6.54 Å². The van der Waals surface area contributed by atoms with Crippen molar-refractivity contribution in [1.82, 2.24) is 14.5 Å². The quantitative estimate of drug-likeness (QED) is 0.732. The Hall–Kier alpha value is -2.40. The van der Waals surface area contributed by atoms with Crippen molar-refractivity contribution in [3.63, 3.8) is 0 Å². The summed E-state index contributed by atoms with van der Waals surface area (Å²) in [6, 6.07) is 10.3. The summed E-state index contributed by atoms with van der Waals surface area (Å²) in [5.41, 5.74) is 11.2. The molecule has 5 nitrogen and oxygen atoms in total. The molecule has 0 spiro atoms. The third kappa shape index (κ3) is 2.99. The molecule has 0 saturated carbocycles. The highest BCUT2D eigenvalue weighted by Gasteiger charge is 2.21. The van der Waals surface area contributed by atoms with Crippen molar-refractivity contribution in [3.05, 3.63) is 53.5 Å². The Morgan fingerprint density at radius 1 is 1.17 bits per heavy atom. The van der Waals surface area contributed by atoms with Crippen LogP contribution >= 0.6 is 0 Å². The van der Waals surface area contributed by atoms with Gasteiger partial charge in [0.25, 0.3) is 0 Å². The van der Waals surface area contributed by atoms with E-state index in [1.54, 1.807) is 0 Å². The number of aromatic nitrogens is 3. The molecule has 2 N–H and O–H groups in total. The molecule has 0 atom stereocenters. The Kier molecular flexibility index (Phi) is 4.53. The molecule has 24 heavy (non-hydrogen) atoms. The molecule has 0 unspecified atom stereocenters. The molecule has 2 heterocycles. The maximum Gasteiger partial charge on any atom is 0.232 e. The number of hydrogen-bond acceptors (Lipinski definition) is 3. The van der Waals surface area contributed by atoms with Crippen LogP contribution < -0.4 is 10.3 Å². The summed E-state index contributed by atoms with van der Waals surface area (Å²) in [6.45, 7) is 6.90. The fourth-order valence-corrected chi connectivity index (χ4v) is 3.10. The fourth-order valence-electron chi connectivity index (χ4n) is 3.10. The maximum absolute atomic E-state index is 6.51. The van der Waals surface area contributed by atoms with Crippen molar-refractivity contribution < 1.29 is 4.57 Å². The zero-order valence-electron chi connectivity index (χ0n) is 15.0. The van der Waals surface area contributed by atoms with Gasteiger partial charge in [0.1, 0.15) is 5.39 Å². The van der Waals surface area contributed by atoms with Gasteiger partial charge in [0, 0.05) is 18.8 Å². The maximum atomic E-state index is 6.51. The van der Waals surface area contributed by atoms with E-state index in [1.807, 2.05) is 29.1 Å². The van der Waals surface area contributed by atoms with Gasteiger partial charge >= 0.3 is 0 Å². The molecule has 2 aromatic heterocycles. The van der Waals surface area contributed by atoms with Gasteiger partial charge in [0.15, 0.2) is 0 Å². The minimum atomic E-state index is 0.733. The number of fused-ring (bicyclic) bond motifs is 1. The molecule has 5 heteroatoms. The normalized spacial score (nSPS) is 11.5. The lowest BCUT2D eigenvalue weighted by Crippen LogP contribution is -2.38. The first-order valence-electron chi connectivity index (χ1n) is 8.31. The van der Waals surface area contributed by atoms with Crippen molar-refractivity contribution in [3.8, 4) is 0 Å². The number of nitrogens with zero attached hydrogens (tertiary/aromatic N) is 4. The smallest absolute Gasteiger partial charge is 0.232 e. The molecule has 3 rings (SSSR count).